The Kier molecular flexibility index (Phi) is 6.94. The number of pyridine rings is 1. The van der Waals surface area contributed by atoms with E-state index in [0.717, 1.165) is 23.6 Å². The smallest absolute Gasteiger partial charge is 0.286 e. The van der Waals surface area contributed by atoms with E-state index in [0.29, 0.717) is 29.5 Å². The lowest BCUT2D eigenvalue weighted by Gasteiger charge is -2.25. The lowest BCUT2D eigenvalue weighted by atomic mass is 9.86. The standard InChI is InChI=1S/C25H29F2N3O/c1-16(2)30-23(13-28)17(3)20-10-21(12-22(11-20)31-15-18-6-5-7-18)19-8-9-24(29-14-19)25(4,26)27/h8-12,14,16,18,30H,5-7,15H2,1-4H3/b23-17+. The van der Waals surface area contributed by atoms with Crippen LogP contribution in [0.4, 0.5) is 8.78 Å². The van der Waals surface area contributed by atoms with E-state index in [9.17, 15) is 14.0 Å². The molecule has 1 N–H and O–H groups in total. The summed E-state index contributed by atoms with van der Waals surface area (Å²) in [5.74, 6) is -1.71. The van der Waals surface area contributed by atoms with Crippen LogP contribution in [0.5, 0.6) is 5.75 Å². The minimum Gasteiger partial charge on any atom is -0.493 e. The lowest BCUT2D eigenvalue weighted by molar-refractivity contribution is 0.0128. The van der Waals surface area contributed by atoms with Crippen molar-refractivity contribution in [1.82, 2.24) is 10.3 Å². The number of alkyl halides is 2. The van der Waals surface area contributed by atoms with Crippen LogP contribution in [-0.4, -0.2) is 17.6 Å². The van der Waals surface area contributed by atoms with Crippen LogP contribution in [0.3, 0.4) is 0 Å². The largest absolute Gasteiger partial charge is 0.493 e. The number of rotatable bonds is 8. The van der Waals surface area contributed by atoms with Crippen LogP contribution in [0.25, 0.3) is 16.7 Å². The van der Waals surface area contributed by atoms with Crippen LogP contribution >= 0.6 is 0 Å². The molecule has 1 saturated carbocycles. The molecule has 0 atom stereocenters. The zero-order valence-corrected chi connectivity index (χ0v) is 18.5. The second-order valence-corrected chi connectivity index (χ2v) is 8.59. The first-order valence-corrected chi connectivity index (χ1v) is 10.7. The van der Waals surface area contributed by atoms with Gasteiger partial charge >= 0.3 is 0 Å². The van der Waals surface area contributed by atoms with Crippen molar-refractivity contribution < 1.29 is 13.5 Å². The van der Waals surface area contributed by atoms with E-state index in [1.54, 1.807) is 6.07 Å². The van der Waals surface area contributed by atoms with Gasteiger partial charge in [0.1, 0.15) is 23.2 Å². The number of halogens is 2. The summed E-state index contributed by atoms with van der Waals surface area (Å²) >= 11 is 0. The van der Waals surface area contributed by atoms with Gasteiger partial charge in [0.05, 0.1) is 6.61 Å². The van der Waals surface area contributed by atoms with E-state index in [4.69, 9.17) is 4.74 Å². The quantitative estimate of drug-likeness (QED) is 0.505. The molecule has 4 nitrogen and oxygen atoms in total. The second-order valence-electron chi connectivity index (χ2n) is 8.59. The van der Waals surface area contributed by atoms with Gasteiger partial charge in [0.25, 0.3) is 5.92 Å². The number of hydrogen-bond donors (Lipinski definition) is 1. The number of nitrogens with one attached hydrogen (secondary N) is 1. The van der Waals surface area contributed by atoms with Crippen molar-refractivity contribution in [3.8, 4) is 22.9 Å². The predicted octanol–water partition coefficient (Wildman–Crippen LogP) is 6.29. The fraction of sp³-hybridized carbons (Fsp3) is 0.440. The first-order valence-electron chi connectivity index (χ1n) is 10.7. The van der Waals surface area contributed by atoms with Crippen molar-refractivity contribution in [3.63, 3.8) is 0 Å². The SMILES string of the molecule is C/C(=C(/C#N)NC(C)C)c1cc(OCC2CCC2)cc(-c2ccc(C(C)(F)F)nc2)c1. The first kappa shape index (κ1) is 22.7. The van der Waals surface area contributed by atoms with Crippen molar-refractivity contribution in [2.75, 3.05) is 6.61 Å². The maximum absolute atomic E-state index is 13.5. The molecule has 0 amide bonds. The monoisotopic (exact) mass is 425 g/mol. The summed E-state index contributed by atoms with van der Waals surface area (Å²) in [7, 11) is 0. The molecular formula is C25H29F2N3O. The topological polar surface area (TPSA) is 57.9 Å². The molecule has 0 saturated heterocycles. The molecule has 0 spiro atoms. The van der Waals surface area contributed by atoms with E-state index < -0.39 is 5.92 Å². The number of allylic oxidation sites excluding steroid dienone is 2. The Labute approximate surface area is 183 Å². The van der Waals surface area contributed by atoms with Crippen molar-refractivity contribution in [3.05, 3.63) is 53.5 Å². The molecule has 1 aliphatic rings. The number of nitriles is 1. The summed E-state index contributed by atoms with van der Waals surface area (Å²) < 4.78 is 33.2. The van der Waals surface area contributed by atoms with E-state index >= 15 is 0 Å². The van der Waals surface area contributed by atoms with Gasteiger partial charge < -0.3 is 10.1 Å². The minimum atomic E-state index is -2.99. The summed E-state index contributed by atoms with van der Waals surface area (Å²) in [5.41, 5.74) is 3.40. The summed E-state index contributed by atoms with van der Waals surface area (Å²) in [6, 6.07) is 11.1. The third kappa shape index (κ3) is 5.81. The van der Waals surface area contributed by atoms with Gasteiger partial charge in [-0.05, 0) is 80.5 Å². The van der Waals surface area contributed by atoms with Gasteiger partial charge in [-0.1, -0.05) is 12.5 Å². The highest BCUT2D eigenvalue weighted by molar-refractivity contribution is 5.76. The van der Waals surface area contributed by atoms with E-state index in [2.05, 4.69) is 16.4 Å². The van der Waals surface area contributed by atoms with Gasteiger partial charge in [-0.3, -0.25) is 4.98 Å². The summed E-state index contributed by atoms with van der Waals surface area (Å²) in [5, 5.41) is 12.8. The zero-order chi connectivity index (χ0) is 22.6. The van der Waals surface area contributed by atoms with Crippen LogP contribution in [-0.2, 0) is 5.92 Å². The molecule has 1 aromatic heterocycles. The number of nitrogens with zero attached hydrogens (tertiary/aromatic N) is 2. The highest BCUT2D eigenvalue weighted by Crippen LogP contribution is 2.33. The number of ether oxygens (including phenoxy) is 1. The summed E-state index contributed by atoms with van der Waals surface area (Å²) in [6.45, 7) is 7.33. The third-order valence-electron chi connectivity index (χ3n) is 5.52. The first-order chi connectivity index (χ1) is 14.7. The van der Waals surface area contributed by atoms with Gasteiger partial charge in [0, 0.05) is 24.7 Å². The molecule has 1 aromatic carbocycles. The van der Waals surface area contributed by atoms with Gasteiger partial charge in [-0.25, -0.2) is 0 Å². The van der Waals surface area contributed by atoms with Crippen molar-refractivity contribution in [1.29, 1.82) is 5.26 Å². The Morgan fingerprint density at radius 1 is 1.26 bits per heavy atom. The average Bonchev–Trinajstić information content (AvgIpc) is 2.69. The minimum absolute atomic E-state index is 0.120. The molecule has 2 aromatic rings. The molecule has 1 aliphatic carbocycles. The van der Waals surface area contributed by atoms with E-state index in [1.807, 2.05) is 39.0 Å². The Morgan fingerprint density at radius 2 is 2.00 bits per heavy atom. The Balaban J connectivity index is 2.00. The molecule has 1 fully saturated rings. The Morgan fingerprint density at radius 3 is 2.52 bits per heavy atom. The Bertz CT molecular complexity index is 981. The average molecular weight is 426 g/mol. The normalized spacial score (nSPS) is 15.2. The summed E-state index contributed by atoms with van der Waals surface area (Å²) in [6.07, 6.45) is 5.06. The molecule has 31 heavy (non-hydrogen) atoms. The van der Waals surface area contributed by atoms with E-state index in [1.165, 1.54) is 31.5 Å². The number of benzene rings is 1. The van der Waals surface area contributed by atoms with E-state index in [-0.39, 0.29) is 11.7 Å². The Hall–Kier alpha value is -2.94. The zero-order valence-electron chi connectivity index (χ0n) is 18.5. The van der Waals surface area contributed by atoms with Gasteiger partial charge in [-0.2, -0.15) is 14.0 Å². The highest BCUT2D eigenvalue weighted by Gasteiger charge is 2.25. The van der Waals surface area contributed by atoms with Gasteiger partial charge in [0.2, 0.25) is 0 Å². The van der Waals surface area contributed by atoms with Crippen LogP contribution in [0.15, 0.2) is 42.2 Å². The lowest BCUT2D eigenvalue weighted by Crippen LogP contribution is -2.22. The third-order valence-corrected chi connectivity index (χ3v) is 5.52. The molecule has 0 radical (unpaired) electrons. The highest BCUT2D eigenvalue weighted by atomic mass is 19.3. The molecular weight excluding hydrogens is 396 g/mol. The maximum Gasteiger partial charge on any atom is 0.286 e. The molecule has 0 unspecified atom stereocenters. The molecule has 6 heteroatoms. The van der Waals surface area contributed by atoms with Crippen molar-refractivity contribution >= 4 is 5.57 Å². The van der Waals surface area contributed by atoms with Crippen LogP contribution in [0.2, 0.25) is 0 Å². The van der Waals surface area contributed by atoms with Crippen molar-refractivity contribution in [2.45, 2.75) is 58.9 Å². The fourth-order valence-corrected chi connectivity index (χ4v) is 3.42. The van der Waals surface area contributed by atoms with Crippen molar-refractivity contribution in [2.24, 2.45) is 5.92 Å². The fourth-order valence-electron chi connectivity index (χ4n) is 3.42. The number of hydrogen-bond acceptors (Lipinski definition) is 4. The molecule has 0 aliphatic heterocycles. The maximum atomic E-state index is 13.5. The molecule has 3 rings (SSSR count). The van der Waals surface area contributed by atoms with Crippen LogP contribution in [0, 0.1) is 17.2 Å². The molecule has 1 heterocycles. The molecule has 164 valence electrons. The van der Waals surface area contributed by atoms with Crippen LogP contribution < -0.4 is 10.1 Å². The van der Waals surface area contributed by atoms with Gasteiger partial charge in [-0.15, -0.1) is 0 Å². The second kappa shape index (κ2) is 9.47. The van der Waals surface area contributed by atoms with Gasteiger partial charge in [0.15, 0.2) is 0 Å². The molecule has 0 bridgehead atoms. The predicted molar refractivity (Wildman–Crippen MR) is 119 cm³/mol. The number of aromatic nitrogens is 1. The van der Waals surface area contributed by atoms with Crippen LogP contribution in [0.1, 0.15) is 58.2 Å². The summed E-state index contributed by atoms with van der Waals surface area (Å²) in [4.78, 5) is 3.95.